The lowest BCUT2D eigenvalue weighted by Crippen LogP contribution is -2.48. The van der Waals surface area contributed by atoms with Gasteiger partial charge in [0.2, 0.25) is 11.8 Å². The highest BCUT2D eigenvalue weighted by Gasteiger charge is 2.36. The second kappa shape index (κ2) is 9.21. The summed E-state index contributed by atoms with van der Waals surface area (Å²) in [4.78, 5) is 38.6. The minimum absolute atomic E-state index is 0.0199. The van der Waals surface area contributed by atoms with E-state index in [1.165, 1.54) is 17.3 Å². The molecular formula is C20H26N2O3S. The van der Waals surface area contributed by atoms with E-state index >= 15 is 0 Å². The fraction of sp³-hybridized carbons (Fsp3) is 0.550. The summed E-state index contributed by atoms with van der Waals surface area (Å²) in [5, 5.41) is 3.02. The van der Waals surface area contributed by atoms with Gasteiger partial charge in [-0.05, 0) is 24.8 Å². The number of nitrogens with zero attached hydrogens (tertiary/aromatic N) is 1. The molecule has 0 spiro atoms. The summed E-state index contributed by atoms with van der Waals surface area (Å²) in [5.41, 5.74) is 1.18. The normalized spacial score (nSPS) is 20.3. The van der Waals surface area contributed by atoms with Crippen molar-refractivity contribution in [2.45, 2.75) is 44.6 Å². The number of hydrogen-bond acceptors (Lipinski definition) is 4. The zero-order chi connectivity index (χ0) is 18.4. The van der Waals surface area contributed by atoms with Crippen LogP contribution in [0.2, 0.25) is 0 Å². The van der Waals surface area contributed by atoms with Crippen molar-refractivity contribution in [3.05, 3.63) is 35.9 Å². The van der Waals surface area contributed by atoms with E-state index in [0.29, 0.717) is 18.7 Å². The van der Waals surface area contributed by atoms with E-state index in [1.807, 2.05) is 30.3 Å². The smallest absolute Gasteiger partial charge is 0.239 e. The minimum Gasteiger partial charge on any atom is -0.354 e. The molecule has 1 aromatic rings. The highest BCUT2D eigenvalue weighted by molar-refractivity contribution is 8.14. The van der Waals surface area contributed by atoms with E-state index in [1.54, 1.807) is 4.90 Å². The number of amides is 2. The van der Waals surface area contributed by atoms with Crippen LogP contribution < -0.4 is 5.32 Å². The van der Waals surface area contributed by atoms with Gasteiger partial charge in [-0.2, -0.15) is 0 Å². The number of thioether (sulfide) groups is 1. The van der Waals surface area contributed by atoms with Crippen molar-refractivity contribution in [2.24, 2.45) is 5.92 Å². The molecule has 26 heavy (non-hydrogen) atoms. The fourth-order valence-corrected chi connectivity index (χ4v) is 4.68. The van der Waals surface area contributed by atoms with Gasteiger partial charge in [0.25, 0.3) is 0 Å². The van der Waals surface area contributed by atoms with Crippen molar-refractivity contribution in [2.75, 3.05) is 18.8 Å². The van der Waals surface area contributed by atoms with Gasteiger partial charge in [-0.1, -0.05) is 54.9 Å². The average Bonchev–Trinajstić information content (AvgIpc) is 3.32. The topological polar surface area (TPSA) is 66.5 Å². The van der Waals surface area contributed by atoms with Crippen LogP contribution in [0.15, 0.2) is 30.3 Å². The molecule has 6 heteroatoms. The van der Waals surface area contributed by atoms with Crippen molar-refractivity contribution in [3.63, 3.8) is 0 Å². The predicted octanol–water partition coefficient (Wildman–Crippen LogP) is 2.40. The Morgan fingerprint density at radius 2 is 1.88 bits per heavy atom. The highest BCUT2D eigenvalue weighted by Crippen LogP contribution is 2.30. The van der Waals surface area contributed by atoms with E-state index < -0.39 is 0 Å². The van der Waals surface area contributed by atoms with Crippen LogP contribution in [0.3, 0.4) is 0 Å². The molecule has 1 saturated carbocycles. The fourth-order valence-electron chi connectivity index (χ4n) is 3.71. The summed E-state index contributed by atoms with van der Waals surface area (Å²) in [6.45, 7) is 0.668. The lowest BCUT2D eigenvalue weighted by atomic mass is 10.1. The number of carbonyl (C=O) groups is 3. The van der Waals surface area contributed by atoms with Crippen molar-refractivity contribution < 1.29 is 14.4 Å². The van der Waals surface area contributed by atoms with Crippen LogP contribution in [-0.2, 0) is 20.8 Å². The monoisotopic (exact) mass is 374 g/mol. The third-order valence-electron chi connectivity index (χ3n) is 5.15. The molecule has 5 nitrogen and oxygen atoms in total. The van der Waals surface area contributed by atoms with Crippen molar-refractivity contribution >= 4 is 28.7 Å². The summed E-state index contributed by atoms with van der Waals surface area (Å²) >= 11 is 1.24. The molecule has 2 amide bonds. The molecule has 0 aromatic heterocycles. The lowest BCUT2D eigenvalue weighted by Gasteiger charge is -2.30. The molecule has 140 valence electrons. The minimum atomic E-state index is -0.259. The summed E-state index contributed by atoms with van der Waals surface area (Å²) in [7, 11) is 0. The molecule has 0 radical (unpaired) electrons. The van der Waals surface area contributed by atoms with Crippen LogP contribution in [0.1, 0.15) is 37.7 Å². The Morgan fingerprint density at radius 3 is 2.54 bits per heavy atom. The van der Waals surface area contributed by atoms with Crippen LogP contribution in [0.5, 0.6) is 0 Å². The second-order valence-corrected chi connectivity index (χ2v) is 8.15. The first-order valence-electron chi connectivity index (χ1n) is 9.40. The highest BCUT2D eigenvalue weighted by atomic mass is 32.2. The molecule has 1 aliphatic carbocycles. The quantitative estimate of drug-likeness (QED) is 0.796. The van der Waals surface area contributed by atoms with Crippen LogP contribution in [0, 0.1) is 5.92 Å². The summed E-state index contributed by atoms with van der Waals surface area (Å²) in [5.74, 6) is 0.160. The lowest BCUT2D eigenvalue weighted by molar-refractivity contribution is -0.141. The molecule has 2 aliphatic rings. The molecule has 1 atom stereocenters. The number of nitrogens with one attached hydrogen (secondary N) is 1. The molecule has 1 aromatic carbocycles. The van der Waals surface area contributed by atoms with Crippen LogP contribution >= 0.6 is 11.8 Å². The molecule has 2 fully saturated rings. The molecule has 1 unspecified atom stereocenters. The van der Waals surface area contributed by atoms with Crippen molar-refractivity contribution in [3.8, 4) is 0 Å². The molecule has 0 bridgehead atoms. The molecular weight excluding hydrogens is 348 g/mol. The Bertz CT molecular complexity index is 644. The Kier molecular flexibility index (Phi) is 6.72. The first-order valence-corrected chi connectivity index (χ1v) is 10.4. The van der Waals surface area contributed by atoms with Gasteiger partial charge >= 0.3 is 0 Å². The predicted molar refractivity (Wildman–Crippen MR) is 103 cm³/mol. The van der Waals surface area contributed by atoms with Gasteiger partial charge in [-0.25, -0.2) is 0 Å². The van der Waals surface area contributed by atoms with Gasteiger partial charge < -0.3 is 10.2 Å². The summed E-state index contributed by atoms with van der Waals surface area (Å²) in [6.07, 6.45) is 5.19. The van der Waals surface area contributed by atoms with E-state index in [2.05, 4.69) is 5.32 Å². The number of hydrogen-bond donors (Lipinski definition) is 1. The largest absolute Gasteiger partial charge is 0.354 e. The molecule has 1 heterocycles. The Hall–Kier alpha value is -1.82. The summed E-state index contributed by atoms with van der Waals surface area (Å²) in [6, 6.07) is 10.2. The standard InChI is InChI=1S/C20H26N2O3S/c23-18(21-11-10-15-6-2-1-3-7-15)13-22(17-8-4-5-9-17)20(25)16-12-19(24)26-14-16/h1-3,6-7,16-17H,4-5,8-14H2,(H,21,23). The number of benzene rings is 1. The third kappa shape index (κ3) is 5.10. The Labute approximate surface area is 158 Å². The van der Waals surface area contributed by atoms with E-state index in [4.69, 9.17) is 0 Å². The maximum absolute atomic E-state index is 12.9. The first-order chi connectivity index (χ1) is 12.6. The molecule has 1 N–H and O–H groups in total. The van der Waals surface area contributed by atoms with Crippen molar-refractivity contribution in [1.29, 1.82) is 0 Å². The third-order valence-corrected chi connectivity index (χ3v) is 6.21. The van der Waals surface area contributed by atoms with E-state index in [9.17, 15) is 14.4 Å². The zero-order valence-electron chi connectivity index (χ0n) is 15.0. The number of rotatable bonds is 7. The molecule has 1 aliphatic heterocycles. The van der Waals surface area contributed by atoms with Gasteiger partial charge in [0.1, 0.15) is 0 Å². The van der Waals surface area contributed by atoms with Crippen LogP contribution in [0.25, 0.3) is 0 Å². The van der Waals surface area contributed by atoms with Gasteiger partial charge in [-0.3, -0.25) is 14.4 Å². The first kappa shape index (κ1) is 19.0. The van der Waals surface area contributed by atoms with Crippen molar-refractivity contribution in [1.82, 2.24) is 10.2 Å². The van der Waals surface area contributed by atoms with Gasteiger partial charge in [-0.15, -0.1) is 0 Å². The van der Waals surface area contributed by atoms with Crippen LogP contribution in [-0.4, -0.2) is 46.7 Å². The van der Waals surface area contributed by atoms with Gasteiger partial charge in [0.15, 0.2) is 5.12 Å². The van der Waals surface area contributed by atoms with E-state index in [-0.39, 0.29) is 35.4 Å². The van der Waals surface area contributed by atoms with Crippen LogP contribution in [0.4, 0.5) is 0 Å². The maximum atomic E-state index is 12.9. The Morgan fingerprint density at radius 1 is 1.15 bits per heavy atom. The van der Waals surface area contributed by atoms with E-state index in [0.717, 1.165) is 32.1 Å². The van der Waals surface area contributed by atoms with Gasteiger partial charge in [0.05, 0.1) is 12.5 Å². The Balaban J connectivity index is 1.53. The molecule has 1 saturated heterocycles. The molecule has 3 rings (SSSR count). The SMILES string of the molecule is O=C(CN(C(=O)C1CSC(=O)C1)C1CCCC1)NCCc1ccccc1. The van der Waals surface area contributed by atoms with Gasteiger partial charge in [0, 0.05) is 24.8 Å². The summed E-state index contributed by atoms with van der Waals surface area (Å²) < 4.78 is 0. The number of carbonyl (C=O) groups excluding carboxylic acids is 3. The second-order valence-electron chi connectivity index (χ2n) is 7.07. The zero-order valence-corrected chi connectivity index (χ0v) is 15.8. The maximum Gasteiger partial charge on any atom is 0.239 e. The average molecular weight is 375 g/mol.